The summed E-state index contributed by atoms with van der Waals surface area (Å²) in [6, 6.07) is 4.69. The van der Waals surface area contributed by atoms with Crippen molar-refractivity contribution < 1.29 is 31.5 Å². The summed E-state index contributed by atoms with van der Waals surface area (Å²) in [6.45, 7) is 0. The van der Waals surface area contributed by atoms with E-state index in [4.69, 9.17) is 11.6 Å². The molecule has 0 aromatic heterocycles. The number of rotatable bonds is 4. The van der Waals surface area contributed by atoms with Crippen molar-refractivity contribution in [2.45, 2.75) is 29.1 Å². The van der Waals surface area contributed by atoms with Gasteiger partial charge in [-0.15, -0.1) is 0 Å². The van der Waals surface area contributed by atoms with Crippen LogP contribution in [0, 0.1) is 17.5 Å². The average molecular weight is 420 g/mol. The molecule has 0 aliphatic heterocycles. The minimum Gasteiger partial charge on any atom is -0.393 e. The molecular formula is C17H13ClF3NO4S. The fraction of sp³-hybridized carbons (Fsp3) is 0.235. The first-order chi connectivity index (χ1) is 12.6. The lowest BCUT2D eigenvalue weighted by atomic mass is 9.96. The van der Waals surface area contributed by atoms with Gasteiger partial charge in [0.25, 0.3) is 5.91 Å². The second kappa shape index (κ2) is 7.14. The molecular weight excluding hydrogens is 407 g/mol. The van der Waals surface area contributed by atoms with Gasteiger partial charge in [0.1, 0.15) is 0 Å². The zero-order chi connectivity index (χ0) is 19.9. The van der Waals surface area contributed by atoms with Gasteiger partial charge in [0, 0.05) is 23.4 Å². The summed E-state index contributed by atoms with van der Waals surface area (Å²) in [5.41, 5.74) is -0.458. The fourth-order valence-corrected chi connectivity index (χ4v) is 5.05. The lowest BCUT2D eigenvalue weighted by Gasteiger charge is -2.31. The topological polar surface area (TPSA) is 83.5 Å². The normalized spacial score (nSPS) is 19.4. The predicted molar refractivity (Wildman–Crippen MR) is 91.9 cm³/mol. The molecule has 2 N–H and O–H groups in total. The highest BCUT2D eigenvalue weighted by atomic mass is 35.5. The molecule has 0 atom stereocenters. The van der Waals surface area contributed by atoms with Crippen LogP contribution < -0.4 is 5.32 Å². The first-order valence-electron chi connectivity index (χ1n) is 7.77. The van der Waals surface area contributed by atoms with Crippen LogP contribution in [0.3, 0.4) is 0 Å². The second-order valence-corrected chi connectivity index (χ2v) is 8.75. The molecule has 2 aromatic rings. The van der Waals surface area contributed by atoms with Crippen LogP contribution in [0.25, 0.3) is 0 Å². The largest absolute Gasteiger partial charge is 0.393 e. The Morgan fingerprint density at radius 3 is 2.26 bits per heavy atom. The van der Waals surface area contributed by atoms with Crippen molar-refractivity contribution in [3.05, 3.63) is 58.4 Å². The standard InChI is InChI=1S/C17H13ClF3NO4S/c18-12-2-1-8(3-15(12)27(25,26)11-6-10(23)7-11)17(24)22-9-4-13(19)16(21)14(20)5-9/h1-5,10-11,23H,6-7H2,(H,22,24). The molecule has 0 spiro atoms. The Balaban J connectivity index is 1.88. The monoisotopic (exact) mass is 419 g/mol. The van der Waals surface area contributed by atoms with E-state index in [2.05, 4.69) is 5.32 Å². The molecule has 1 saturated carbocycles. The van der Waals surface area contributed by atoms with Gasteiger partial charge in [-0.05, 0) is 31.0 Å². The maximum Gasteiger partial charge on any atom is 0.255 e. The van der Waals surface area contributed by atoms with Gasteiger partial charge in [0.05, 0.1) is 21.3 Å². The van der Waals surface area contributed by atoms with Gasteiger partial charge in [-0.3, -0.25) is 4.79 Å². The van der Waals surface area contributed by atoms with Crippen molar-refractivity contribution in [3.8, 4) is 0 Å². The highest BCUT2D eigenvalue weighted by Gasteiger charge is 2.39. The predicted octanol–water partition coefficient (Wildman–Crippen LogP) is 3.31. The van der Waals surface area contributed by atoms with Crippen LogP contribution in [0.5, 0.6) is 0 Å². The van der Waals surface area contributed by atoms with E-state index in [1.807, 2.05) is 0 Å². The molecule has 0 saturated heterocycles. The number of nitrogens with one attached hydrogen (secondary N) is 1. The average Bonchev–Trinajstić information content (AvgIpc) is 2.56. The zero-order valence-electron chi connectivity index (χ0n) is 13.5. The summed E-state index contributed by atoms with van der Waals surface area (Å²) < 4.78 is 64.6. The van der Waals surface area contributed by atoms with E-state index in [0.29, 0.717) is 12.1 Å². The SMILES string of the molecule is O=C(Nc1cc(F)c(F)c(F)c1)c1ccc(Cl)c(S(=O)(=O)C2CC(O)C2)c1. The van der Waals surface area contributed by atoms with E-state index in [9.17, 15) is 31.5 Å². The fourth-order valence-electron chi connectivity index (χ4n) is 2.66. The summed E-state index contributed by atoms with van der Waals surface area (Å²) in [5.74, 6) is -5.49. The van der Waals surface area contributed by atoms with Gasteiger partial charge >= 0.3 is 0 Å². The Morgan fingerprint density at radius 2 is 1.70 bits per heavy atom. The number of anilines is 1. The van der Waals surface area contributed by atoms with E-state index in [0.717, 1.165) is 6.07 Å². The summed E-state index contributed by atoms with van der Waals surface area (Å²) in [6.07, 6.45) is -0.551. The van der Waals surface area contributed by atoms with Gasteiger partial charge in [0.2, 0.25) is 0 Å². The number of hydrogen-bond donors (Lipinski definition) is 2. The Bertz CT molecular complexity index is 1000. The number of halogens is 4. The van der Waals surface area contributed by atoms with Gasteiger partial charge in [-0.25, -0.2) is 21.6 Å². The van der Waals surface area contributed by atoms with E-state index in [1.54, 1.807) is 0 Å². The van der Waals surface area contributed by atoms with Crippen LogP contribution >= 0.6 is 11.6 Å². The number of amides is 1. The van der Waals surface area contributed by atoms with Gasteiger partial charge in [0.15, 0.2) is 27.3 Å². The number of carbonyl (C=O) groups is 1. The molecule has 0 radical (unpaired) electrons. The van der Waals surface area contributed by atoms with Gasteiger partial charge < -0.3 is 10.4 Å². The molecule has 0 unspecified atom stereocenters. The third-order valence-electron chi connectivity index (χ3n) is 4.25. The van der Waals surface area contributed by atoms with Gasteiger partial charge in [-0.1, -0.05) is 11.6 Å². The molecule has 3 rings (SSSR count). The number of aliphatic hydroxyl groups is 1. The van der Waals surface area contributed by atoms with Crippen LogP contribution in [0.1, 0.15) is 23.2 Å². The minimum atomic E-state index is -3.86. The van der Waals surface area contributed by atoms with Crippen LogP contribution in [-0.2, 0) is 9.84 Å². The molecule has 27 heavy (non-hydrogen) atoms. The van der Waals surface area contributed by atoms with Crippen LogP contribution in [-0.4, -0.2) is 30.8 Å². The highest BCUT2D eigenvalue weighted by molar-refractivity contribution is 7.92. The van der Waals surface area contributed by atoms with Crippen molar-refractivity contribution >= 4 is 33.0 Å². The molecule has 5 nitrogen and oxygen atoms in total. The number of benzene rings is 2. The van der Waals surface area contributed by atoms with Crippen LogP contribution in [0.4, 0.5) is 18.9 Å². The number of hydrogen-bond acceptors (Lipinski definition) is 4. The lowest BCUT2D eigenvalue weighted by Crippen LogP contribution is -2.39. The van der Waals surface area contributed by atoms with E-state index in [1.165, 1.54) is 12.1 Å². The van der Waals surface area contributed by atoms with Crippen molar-refractivity contribution in [1.82, 2.24) is 0 Å². The van der Waals surface area contributed by atoms with Crippen molar-refractivity contribution in [2.24, 2.45) is 0 Å². The van der Waals surface area contributed by atoms with Crippen molar-refractivity contribution in [2.75, 3.05) is 5.32 Å². The third-order valence-corrected chi connectivity index (χ3v) is 6.91. The van der Waals surface area contributed by atoms with Crippen LogP contribution in [0.2, 0.25) is 5.02 Å². The smallest absolute Gasteiger partial charge is 0.255 e. The molecule has 0 bridgehead atoms. The number of carbonyl (C=O) groups excluding carboxylic acids is 1. The number of sulfone groups is 1. The molecule has 1 fully saturated rings. The Kier molecular flexibility index (Phi) is 5.20. The zero-order valence-corrected chi connectivity index (χ0v) is 15.1. The molecule has 1 amide bonds. The first-order valence-corrected chi connectivity index (χ1v) is 9.69. The number of aliphatic hydroxyl groups excluding tert-OH is 1. The minimum absolute atomic E-state index is 0.0726. The third kappa shape index (κ3) is 3.80. The highest BCUT2D eigenvalue weighted by Crippen LogP contribution is 2.35. The molecule has 1 aliphatic carbocycles. The van der Waals surface area contributed by atoms with Crippen molar-refractivity contribution in [1.29, 1.82) is 0 Å². The molecule has 144 valence electrons. The van der Waals surface area contributed by atoms with E-state index >= 15 is 0 Å². The summed E-state index contributed by atoms with van der Waals surface area (Å²) >= 11 is 5.95. The van der Waals surface area contributed by atoms with E-state index in [-0.39, 0.29) is 34.0 Å². The quantitative estimate of drug-likeness (QED) is 0.745. The van der Waals surface area contributed by atoms with Gasteiger partial charge in [-0.2, -0.15) is 0 Å². The molecule has 2 aromatic carbocycles. The van der Waals surface area contributed by atoms with Crippen LogP contribution in [0.15, 0.2) is 35.2 Å². The molecule has 1 aliphatic rings. The Morgan fingerprint density at radius 1 is 1.11 bits per heavy atom. The maximum absolute atomic E-state index is 13.2. The molecule has 10 heteroatoms. The van der Waals surface area contributed by atoms with Crippen molar-refractivity contribution in [3.63, 3.8) is 0 Å². The summed E-state index contributed by atoms with van der Waals surface area (Å²) in [7, 11) is -3.86. The Labute approximate surface area is 157 Å². The molecule has 0 heterocycles. The Hall–Kier alpha value is -2.10. The van der Waals surface area contributed by atoms with E-state index < -0.39 is 44.5 Å². The first kappa shape index (κ1) is 19.7. The maximum atomic E-state index is 13.2. The summed E-state index contributed by atoms with van der Waals surface area (Å²) in [5, 5.41) is 10.6. The summed E-state index contributed by atoms with van der Waals surface area (Å²) in [4.78, 5) is 12.0. The second-order valence-electron chi connectivity index (χ2n) is 6.15. The lowest BCUT2D eigenvalue weighted by molar-refractivity contribution is 0.0976.